The summed E-state index contributed by atoms with van der Waals surface area (Å²) in [5.74, 6) is -0.126. The van der Waals surface area contributed by atoms with Crippen LogP contribution in [0.3, 0.4) is 0 Å². The van der Waals surface area contributed by atoms with Crippen molar-refractivity contribution in [1.29, 1.82) is 0 Å². The summed E-state index contributed by atoms with van der Waals surface area (Å²) in [5.41, 5.74) is 2.89. The van der Waals surface area contributed by atoms with Gasteiger partial charge in [0.2, 0.25) is 0 Å². The van der Waals surface area contributed by atoms with Gasteiger partial charge in [-0.25, -0.2) is 0 Å². The summed E-state index contributed by atoms with van der Waals surface area (Å²) in [6, 6.07) is 16.0. The first-order valence-corrected chi connectivity index (χ1v) is 11.8. The lowest BCUT2D eigenvalue weighted by Gasteiger charge is -2.39. The number of carboxylic acids is 1. The van der Waals surface area contributed by atoms with E-state index in [0.717, 1.165) is 49.6 Å². The third-order valence-electron chi connectivity index (χ3n) is 6.16. The van der Waals surface area contributed by atoms with Crippen molar-refractivity contribution in [2.75, 3.05) is 46.4 Å². The predicted octanol–water partition coefficient (Wildman–Crippen LogP) is 3.57. The Kier molecular flexibility index (Phi) is 9.67. The van der Waals surface area contributed by atoms with E-state index in [2.05, 4.69) is 33.8 Å². The fourth-order valence-electron chi connectivity index (χ4n) is 4.33. The van der Waals surface area contributed by atoms with Crippen LogP contribution in [0.1, 0.15) is 46.8 Å². The molecule has 34 heavy (non-hydrogen) atoms. The van der Waals surface area contributed by atoms with Gasteiger partial charge in [0.15, 0.2) is 0 Å². The van der Waals surface area contributed by atoms with Crippen molar-refractivity contribution in [2.24, 2.45) is 0 Å². The quantitative estimate of drug-likeness (QED) is 0.368. The molecule has 1 amide bonds. The number of piperazine rings is 1. The number of unbranched alkanes of at least 4 members (excludes halogenated alkanes) is 1. The summed E-state index contributed by atoms with van der Waals surface area (Å²) in [6.45, 7) is 9.06. The zero-order valence-corrected chi connectivity index (χ0v) is 19.9. The average Bonchev–Trinajstić information content (AvgIpc) is 2.85. The number of hydrogen-bond donors (Lipinski definition) is 2. The number of carbonyl (C=O) groups is 2. The molecule has 1 unspecified atom stereocenters. The zero-order chi connectivity index (χ0) is 24.3. The third kappa shape index (κ3) is 7.17. The molecular weight excluding hydrogens is 430 g/mol. The maximum Gasteiger partial charge on any atom is 0.303 e. The summed E-state index contributed by atoms with van der Waals surface area (Å²) in [4.78, 5) is 28.0. The van der Waals surface area contributed by atoms with Crippen molar-refractivity contribution < 1.29 is 19.4 Å². The zero-order valence-electron chi connectivity index (χ0n) is 19.9. The van der Waals surface area contributed by atoms with Crippen LogP contribution >= 0.6 is 0 Å². The van der Waals surface area contributed by atoms with Gasteiger partial charge in [0.05, 0.1) is 13.2 Å². The number of aliphatic carboxylic acids is 1. The Labute approximate surface area is 202 Å². The van der Waals surface area contributed by atoms with Crippen LogP contribution in [0.2, 0.25) is 0 Å². The highest BCUT2D eigenvalue weighted by Gasteiger charge is 2.26. The molecule has 1 atom stereocenters. The molecule has 0 aliphatic carbocycles. The summed E-state index contributed by atoms with van der Waals surface area (Å²) in [6.07, 6.45) is 3.27. The van der Waals surface area contributed by atoms with Crippen LogP contribution in [0, 0.1) is 0 Å². The molecule has 7 heteroatoms. The Balaban J connectivity index is 1.72. The Morgan fingerprint density at radius 1 is 1.09 bits per heavy atom. The number of benzene rings is 2. The van der Waals surface area contributed by atoms with Crippen molar-refractivity contribution in [3.63, 3.8) is 0 Å². The van der Waals surface area contributed by atoms with Crippen LogP contribution in [0.5, 0.6) is 5.75 Å². The molecule has 0 saturated carbocycles. The Morgan fingerprint density at radius 2 is 1.82 bits per heavy atom. The molecule has 0 spiro atoms. The van der Waals surface area contributed by atoms with Gasteiger partial charge in [-0.2, -0.15) is 0 Å². The SMILES string of the molecule is C=CCN1CCN(C(c2ccc(C(=O)NCCCCC(=O)O)cc2)c2cccc(OC)c2)CC1. The van der Waals surface area contributed by atoms with Crippen LogP contribution in [-0.2, 0) is 4.79 Å². The second-order valence-corrected chi connectivity index (χ2v) is 8.53. The minimum atomic E-state index is -0.811. The highest BCUT2D eigenvalue weighted by molar-refractivity contribution is 5.94. The molecule has 182 valence electrons. The van der Waals surface area contributed by atoms with E-state index in [4.69, 9.17) is 9.84 Å². The molecule has 1 aliphatic rings. The molecule has 2 N–H and O–H groups in total. The number of rotatable bonds is 12. The van der Waals surface area contributed by atoms with Gasteiger partial charge in [-0.1, -0.05) is 30.3 Å². The number of nitrogens with one attached hydrogen (secondary N) is 1. The van der Waals surface area contributed by atoms with Gasteiger partial charge in [0.1, 0.15) is 5.75 Å². The smallest absolute Gasteiger partial charge is 0.303 e. The Morgan fingerprint density at radius 3 is 2.47 bits per heavy atom. The van der Waals surface area contributed by atoms with E-state index in [1.807, 2.05) is 42.5 Å². The lowest BCUT2D eigenvalue weighted by molar-refractivity contribution is -0.137. The van der Waals surface area contributed by atoms with Gasteiger partial charge in [-0.05, 0) is 48.2 Å². The number of nitrogens with zero attached hydrogens (tertiary/aromatic N) is 2. The van der Waals surface area contributed by atoms with E-state index in [1.54, 1.807) is 7.11 Å². The molecule has 0 radical (unpaired) electrons. The van der Waals surface area contributed by atoms with Crippen molar-refractivity contribution in [1.82, 2.24) is 15.1 Å². The van der Waals surface area contributed by atoms with Crippen molar-refractivity contribution >= 4 is 11.9 Å². The minimum absolute atomic E-state index is 0.0640. The molecule has 1 saturated heterocycles. The largest absolute Gasteiger partial charge is 0.497 e. The number of hydrogen-bond acceptors (Lipinski definition) is 5. The Bertz CT molecular complexity index is 953. The van der Waals surface area contributed by atoms with Crippen LogP contribution in [0.25, 0.3) is 0 Å². The third-order valence-corrected chi connectivity index (χ3v) is 6.16. The topological polar surface area (TPSA) is 82.1 Å². The van der Waals surface area contributed by atoms with Gasteiger partial charge < -0.3 is 15.2 Å². The van der Waals surface area contributed by atoms with Crippen LogP contribution in [0.15, 0.2) is 61.2 Å². The summed E-state index contributed by atoms with van der Waals surface area (Å²) in [7, 11) is 1.68. The molecule has 1 aliphatic heterocycles. The highest BCUT2D eigenvalue weighted by atomic mass is 16.5. The van der Waals surface area contributed by atoms with E-state index in [1.165, 1.54) is 0 Å². The molecule has 1 fully saturated rings. The van der Waals surface area contributed by atoms with Crippen molar-refractivity contribution in [3.8, 4) is 5.75 Å². The number of methoxy groups -OCH3 is 1. The number of ether oxygens (including phenoxy) is 1. The molecular formula is C27H35N3O4. The number of carbonyl (C=O) groups excluding carboxylic acids is 1. The van der Waals surface area contributed by atoms with Crippen molar-refractivity contribution in [3.05, 3.63) is 77.9 Å². The van der Waals surface area contributed by atoms with Crippen LogP contribution < -0.4 is 10.1 Å². The second kappa shape index (κ2) is 12.9. The summed E-state index contributed by atoms with van der Waals surface area (Å²) >= 11 is 0. The van der Waals surface area contributed by atoms with E-state index >= 15 is 0 Å². The fourth-order valence-corrected chi connectivity index (χ4v) is 4.33. The molecule has 3 rings (SSSR count). The maximum atomic E-state index is 12.5. The van der Waals surface area contributed by atoms with E-state index in [0.29, 0.717) is 24.9 Å². The van der Waals surface area contributed by atoms with Gasteiger partial charge >= 0.3 is 5.97 Å². The van der Waals surface area contributed by atoms with Crippen molar-refractivity contribution in [2.45, 2.75) is 25.3 Å². The van der Waals surface area contributed by atoms with Gasteiger partial charge in [0, 0.05) is 51.3 Å². The van der Waals surface area contributed by atoms with Gasteiger partial charge in [-0.15, -0.1) is 6.58 Å². The van der Waals surface area contributed by atoms with Gasteiger partial charge in [0.25, 0.3) is 5.91 Å². The second-order valence-electron chi connectivity index (χ2n) is 8.53. The molecule has 2 aromatic carbocycles. The van der Waals surface area contributed by atoms with Crippen LogP contribution in [-0.4, -0.2) is 73.2 Å². The summed E-state index contributed by atoms with van der Waals surface area (Å²) < 4.78 is 5.47. The first-order chi connectivity index (χ1) is 16.5. The highest BCUT2D eigenvalue weighted by Crippen LogP contribution is 2.31. The normalized spacial score (nSPS) is 15.4. The first-order valence-electron chi connectivity index (χ1n) is 11.8. The van der Waals surface area contributed by atoms with Crippen LogP contribution in [0.4, 0.5) is 0 Å². The van der Waals surface area contributed by atoms with E-state index in [9.17, 15) is 9.59 Å². The molecule has 7 nitrogen and oxygen atoms in total. The standard InChI is InChI=1S/C27H35N3O4/c1-3-15-29-16-18-30(19-17-29)26(23-7-6-8-24(20-23)34-2)21-10-12-22(13-11-21)27(33)28-14-5-4-9-25(31)32/h3,6-8,10-13,20,26H,1,4-5,9,14-19H2,2H3,(H,28,33)(H,31,32). The number of amides is 1. The molecule has 0 bridgehead atoms. The monoisotopic (exact) mass is 465 g/mol. The van der Waals surface area contributed by atoms with E-state index < -0.39 is 5.97 Å². The van der Waals surface area contributed by atoms with Gasteiger partial charge in [-0.3, -0.25) is 19.4 Å². The Hall–Kier alpha value is -3.16. The predicted molar refractivity (Wildman–Crippen MR) is 133 cm³/mol. The fraction of sp³-hybridized carbons (Fsp3) is 0.407. The summed E-state index contributed by atoms with van der Waals surface area (Å²) in [5, 5.41) is 11.6. The number of carboxylic acid groups (broad SMARTS) is 1. The molecule has 1 heterocycles. The lowest BCUT2D eigenvalue weighted by Crippen LogP contribution is -2.47. The minimum Gasteiger partial charge on any atom is -0.497 e. The average molecular weight is 466 g/mol. The molecule has 2 aromatic rings. The molecule has 0 aromatic heterocycles. The van der Waals surface area contributed by atoms with E-state index in [-0.39, 0.29) is 18.4 Å². The lowest BCUT2D eigenvalue weighted by atomic mass is 9.95. The maximum absolute atomic E-state index is 12.5. The first kappa shape index (κ1) is 25.5.